The molecule has 2 saturated heterocycles. The summed E-state index contributed by atoms with van der Waals surface area (Å²) in [7, 11) is 0. The molecule has 6 rings (SSSR count). The maximum atomic E-state index is 12.2. The Hall–Kier alpha value is -3.08. The number of hydrogen-bond donors (Lipinski definition) is 2. The van der Waals surface area contributed by atoms with Crippen LogP contribution >= 0.6 is 11.6 Å². The van der Waals surface area contributed by atoms with Crippen molar-refractivity contribution in [2.45, 2.75) is 25.7 Å². The van der Waals surface area contributed by atoms with Gasteiger partial charge in [-0.05, 0) is 41.5 Å². The van der Waals surface area contributed by atoms with Crippen LogP contribution in [0.15, 0.2) is 42.7 Å². The number of nitrogens with one attached hydrogen (secondary N) is 1. The van der Waals surface area contributed by atoms with Crippen LogP contribution in [0, 0.1) is 0 Å². The normalized spacial score (nSPS) is 19.9. The van der Waals surface area contributed by atoms with Gasteiger partial charge in [0.2, 0.25) is 0 Å². The van der Waals surface area contributed by atoms with E-state index in [1.807, 2.05) is 24.3 Å². The first kappa shape index (κ1) is 25.2. The molecule has 2 aromatic heterocycles. The van der Waals surface area contributed by atoms with Gasteiger partial charge in [0.1, 0.15) is 18.4 Å². The predicted molar refractivity (Wildman–Crippen MR) is 149 cm³/mol. The van der Waals surface area contributed by atoms with E-state index in [-0.39, 0.29) is 6.04 Å². The number of nitrogen functional groups attached to an aromatic ring is 1. The van der Waals surface area contributed by atoms with Crippen LogP contribution in [0.2, 0.25) is 5.02 Å². The molecule has 0 spiro atoms. The highest BCUT2D eigenvalue weighted by Gasteiger charge is 2.28. The van der Waals surface area contributed by atoms with E-state index < -0.39 is 0 Å². The largest absolute Gasteiger partial charge is 0.383 e. The van der Waals surface area contributed by atoms with Gasteiger partial charge < -0.3 is 20.2 Å². The average molecular weight is 534 g/mol. The van der Waals surface area contributed by atoms with E-state index in [1.165, 1.54) is 23.0 Å². The lowest BCUT2D eigenvalue weighted by Gasteiger charge is -2.39. The molecule has 4 heterocycles. The molecule has 4 aromatic rings. The minimum Gasteiger partial charge on any atom is -0.383 e. The number of piperazine rings is 1. The third-order valence-corrected chi connectivity index (χ3v) is 7.95. The van der Waals surface area contributed by atoms with Crippen molar-refractivity contribution in [3.05, 3.63) is 64.6 Å². The van der Waals surface area contributed by atoms with E-state index in [2.05, 4.69) is 41.8 Å². The molecule has 0 radical (unpaired) electrons. The summed E-state index contributed by atoms with van der Waals surface area (Å²) in [4.78, 5) is 31.3. The minimum atomic E-state index is -0.184. The Labute approximate surface area is 226 Å². The van der Waals surface area contributed by atoms with E-state index >= 15 is 0 Å². The smallest absolute Gasteiger partial charge is 0.138 e. The van der Waals surface area contributed by atoms with Gasteiger partial charge in [0.05, 0.1) is 24.8 Å². The predicted octanol–water partition coefficient (Wildman–Crippen LogP) is 3.06. The molecule has 2 aromatic carbocycles. The average Bonchev–Trinajstić information content (AvgIpc) is 3.26. The quantitative estimate of drug-likeness (QED) is 0.349. The van der Waals surface area contributed by atoms with Gasteiger partial charge >= 0.3 is 0 Å². The van der Waals surface area contributed by atoms with Crippen molar-refractivity contribution >= 4 is 45.5 Å². The number of fused-ring (bicyclic) bond motifs is 2. The zero-order valence-corrected chi connectivity index (χ0v) is 22.0. The summed E-state index contributed by atoms with van der Waals surface area (Å²) < 4.78 is 5.55. The third-order valence-electron chi connectivity index (χ3n) is 7.72. The number of aromatic nitrogens is 3. The molecule has 1 atom stereocenters. The first-order chi connectivity index (χ1) is 18.6. The van der Waals surface area contributed by atoms with Gasteiger partial charge in [-0.2, -0.15) is 0 Å². The molecule has 2 aliphatic heterocycles. The second kappa shape index (κ2) is 11.0. The van der Waals surface area contributed by atoms with Gasteiger partial charge in [-0.1, -0.05) is 17.7 Å². The number of ether oxygens (including phenoxy) is 1. The van der Waals surface area contributed by atoms with Crippen molar-refractivity contribution in [2.75, 3.05) is 51.7 Å². The fourth-order valence-corrected chi connectivity index (χ4v) is 5.80. The fraction of sp³-hybridized carbons (Fsp3) is 0.393. The summed E-state index contributed by atoms with van der Waals surface area (Å²) in [6, 6.07) is 11.9. The molecular weight excluding hydrogens is 502 g/mol. The number of halogens is 1. The number of aldehydes is 1. The van der Waals surface area contributed by atoms with E-state index in [0.29, 0.717) is 18.9 Å². The molecule has 3 N–H and O–H groups in total. The van der Waals surface area contributed by atoms with Gasteiger partial charge in [-0.3, -0.25) is 14.7 Å². The highest BCUT2D eigenvalue weighted by Crippen LogP contribution is 2.29. The molecule has 2 aliphatic rings. The molecule has 0 bridgehead atoms. The monoisotopic (exact) mass is 533 g/mol. The van der Waals surface area contributed by atoms with Crippen LogP contribution < -0.4 is 5.73 Å². The van der Waals surface area contributed by atoms with Gasteiger partial charge in [0, 0.05) is 79.4 Å². The van der Waals surface area contributed by atoms with Crippen LogP contribution in [0.4, 0.5) is 5.82 Å². The van der Waals surface area contributed by atoms with Crippen molar-refractivity contribution in [3.8, 4) is 0 Å². The van der Waals surface area contributed by atoms with Crippen molar-refractivity contribution in [2.24, 2.45) is 0 Å². The SMILES string of the molecule is Nc1ncnc2cc(CN3CCN(Cc4[nH]c5ccc(Cl)cc5c4CN4CCOCC4)C[C@H]3C=O)ccc12. The second-order valence-corrected chi connectivity index (χ2v) is 10.6. The number of morpholine rings is 1. The van der Waals surface area contributed by atoms with Crippen molar-refractivity contribution in [3.63, 3.8) is 0 Å². The molecule has 10 heteroatoms. The number of carbonyl (C=O) groups is 1. The van der Waals surface area contributed by atoms with Crippen LogP contribution in [-0.4, -0.2) is 87.9 Å². The van der Waals surface area contributed by atoms with Gasteiger partial charge in [-0.15, -0.1) is 0 Å². The standard InChI is InChI=1S/C28H32ClN7O2/c29-20-2-4-25-23(12-20)24(15-34-7-9-38-10-8-34)27(33-25)16-35-5-6-36(21(14-35)17-37)13-19-1-3-22-26(11-19)31-18-32-28(22)30/h1-4,11-12,17-18,21,33H,5-10,13-16H2,(H2,30,31,32)/t21-/m0/s1. The number of rotatable bonds is 7. The van der Waals surface area contributed by atoms with Crippen LogP contribution in [0.25, 0.3) is 21.8 Å². The van der Waals surface area contributed by atoms with Gasteiger partial charge in [0.15, 0.2) is 0 Å². The number of nitrogens with two attached hydrogens (primary N) is 1. The first-order valence-electron chi connectivity index (χ1n) is 13.1. The number of nitrogens with zero attached hydrogens (tertiary/aromatic N) is 5. The summed E-state index contributed by atoms with van der Waals surface area (Å²) in [5.74, 6) is 0.480. The highest BCUT2D eigenvalue weighted by molar-refractivity contribution is 6.31. The first-order valence-corrected chi connectivity index (χ1v) is 13.4. The Morgan fingerprint density at radius 2 is 1.87 bits per heavy atom. The van der Waals surface area contributed by atoms with Crippen LogP contribution in [0.1, 0.15) is 16.8 Å². The van der Waals surface area contributed by atoms with Gasteiger partial charge in [-0.25, -0.2) is 9.97 Å². The van der Waals surface area contributed by atoms with E-state index in [4.69, 9.17) is 22.1 Å². The summed E-state index contributed by atoms with van der Waals surface area (Å²) in [6.07, 6.45) is 2.56. The third kappa shape index (κ3) is 5.25. The Morgan fingerprint density at radius 1 is 1.00 bits per heavy atom. The lowest BCUT2D eigenvalue weighted by Crippen LogP contribution is -2.53. The summed E-state index contributed by atoms with van der Waals surface area (Å²) in [5.41, 5.74) is 11.5. The molecule has 198 valence electrons. The van der Waals surface area contributed by atoms with Crippen molar-refractivity contribution in [1.82, 2.24) is 29.7 Å². The highest BCUT2D eigenvalue weighted by atomic mass is 35.5. The molecule has 0 amide bonds. The molecule has 0 aliphatic carbocycles. The van der Waals surface area contributed by atoms with Crippen molar-refractivity contribution < 1.29 is 9.53 Å². The molecule has 0 unspecified atom stereocenters. The zero-order chi connectivity index (χ0) is 26.1. The topological polar surface area (TPSA) is 104 Å². The summed E-state index contributed by atoms with van der Waals surface area (Å²) in [6.45, 7) is 8.03. The van der Waals surface area contributed by atoms with Crippen LogP contribution in [0.3, 0.4) is 0 Å². The lowest BCUT2D eigenvalue weighted by atomic mass is 10.1. The number of H-pyrrole nitrogens is 1. The number of anilines is 1. The van der Waals surface area contributed by atoms with E-state index in [0.717, 1.165) is 85.8 Å². The van der Waals surface area contributed by atoms with Crippen LogP contribution in [0.5, 0.6) is 0 Å². The Balaban J connectivity index is 1.18. The number of benzene rings is 2. The maximum Gasteiger partial charge on any atom is 0.138 e. The van der Waals surface area contributed by atoms with E-state index in [1.54, 1.807) is 0 Å². The number of carbonyl (C=O) groups excluding carboxylic acids is 1. The lowest BCUT2D eigenvalue weighted by molar-refractivity contribution is -0.115. The minimum absolute atomic E-state index is 0.184. The molecule has 38 heavy (non-hydrogen) atoms. The second-order valence-electron chi connectivity index (χ2n) is 10.2. The summed E-state index contributed by atoms with van der Waals surface area (Å²) >= 11 is 6.38. The number of aromatic amines is 1. The Morgan fingerprint density at radius 3 is 2.71 bits per heavy atom. The van der Waals surface area contributed by atoms with E-state index in [9.17, 15) is 4.79 Å². The zero-order valence-electron chi connectivity index (χ0n) is 21.3. The van der Waals surface area contributed by atoms with Crippen LogP contribution in [-0.2, 0) is 29.2 Å². The molecule has 0 saturated carbocycles. The molecular formula is C28H32ClN7O2. The Kier molecular flexibility index (Phi) is 7.27. The Bertz CT molecular complexity index is 1450. The van der Waals surface area contributed by atoms with Gasteiger partial charge in [0.25, 0.3) is 0 Å². The molecule has 2 fully saturated rings. The fourth-order valence-electron chi connectivity index (χ4n) is 5.63. The summed E-state index contributed by atoms with van der Waals surface area (Å²) in [5, 5.41) is 2.76. The van der Waals surface area contributed by atoms with Crippen molar-refractivity contribution in [1.29, 1.82) is 0 Å². The molecule has 9 nitrogen and oxygen atoms in total. The maximum absolute atomic E-state index is 12.2. The number of hydrogen-bond acceptors (Lipinski definition) is 8.